The van der Waals surface area contributed by atoms with Crippen molar-refractivity contribution < 1.29 is 14.0 Å². The van der Waals surface area contributed by atoms with E-state index in [2.05, 4.69) is 10.1 Å². The van der Waals surface area contributed by atoms with Crippen molar-refractivity contribution in [3.8, 4) is 11.5 Å². The molecule has 0 amide bonds. The molecule has 6 heteroatoms. The van der Waals surface area contributed by atoms with Crippen LogP contribution in [-0.4, -0.2) is 24.4 Å². The van der Waals surface area contributed by atoms with E-state index in [-0.39, 0.29) is 0 Å². The second-order valence-electron chi connectivity index (χ2n) is 5.15. The zero-order chi connectivity index (χ0) is 15.5. The van der Waals surface area contributed by atoms with Gasteiger partial charge >= 0.3 is 0 Å². The first-order valence-corrected chi connectivity index (χ1v) is 6.83. The molecular weight excluding hydrogens is 270 g/mol. The van der Waals surface area contributed by atoms with Gasteiger partial charge in [0.2, 0.25) is 5.89 Å². The Hall–Kier alpha value is -2.08. The SMILES string of the molecule is CCC(C)(N)c1noc(Cc2ccc(OC)c(OC)c2)n1. The third-order valence-corrected chi connectivity index (χ3v) is 3.52. The topological polar surface area (TPSA) is 83.4 Å². The van der Waals surface area contributed by atoms with Crippen LogP contribution >= 0.6 is 0 Å². The van der Waals surface area contributed by atoms with E-state index >= 15 is 0 Å². The summed E-state index contributed by atoms with van der Waals surface area (Å²) in [5.74, 6) is 2.42. The Morgan fingerprint density at radius 1 is 1.24 bits per heavy atom. The van der Waals surface area contributed by atoms with Crippen LogP contribution in [0.2, 0.25) is 0 Å². The first kappa shape index (κ1) is 15.3. The van der Waals surface area contributed by atoms with Gasteiger partial charge in [0.05, 0.1) is 26.2 Å². The number of methoxy groups -OCH3 is 2. The summed E-state index contributed by atoms with van der Waals surface area (Å²) < 4.78 is 15.8. The monoisotopic (exact) mass is 291 g/mol. The Morgan fingerprint density at radius 2 is 1.95 bits per heavy atom. The van der Waals surface area contributed by atoms with Crippen LogP contribution in [0.3, 0.4) is 0 Å². The van der Waals surface area contributed by atoms with Crippen LogP contribution in [0.5, 0.6) is 11.5 Å². The summed E-state index contributed by atoms with van der Waals surface area (Å²) in [6.45, 7) is 3.88. The van der Waals surface area contributed by atoms with Gasteiger partial charge in [-0.15, -0.1) is 0 Å². The molecule has 0 spiro atoms. The van der Waals surface area contributed by atoms with Crippen LogP contribution < -0.4 is 15.2 Å². The maximum Gasteiger partial charge on any atom is 0.231 e. The summed E-state index contributed by atoms with van der Waals surface area (Å²) in [4.78, 5) is 4.37. The van der Waals surface area contributed by atoms with Crippen molar-refractivity contribution in [2.45, 2.75) is 32.2 Å². The Balaban J connectivity index is 2.19. The maximum atomic E-state index is 6.11. The molecule has 0 fully saturated rings. The van der Waals surface area contributed by atoms with Gasteiger partial charge in [-0.3, -0.25) is 0 Å². The van der Waals surface area contributed by atoms with E-state index in [0.29, 0.717) is 29.6 Å². The third kappa shape index (κ3) is 3.33. The molecule has 0 aliphatic heterocycles. The van der Waals surface area contributed by atoms with Crippen LogP contribution in [0.4, 0.5) is 0 Å². The molecule has 1 heterocycles. The zero-order valence-corrected chi connectivity index (χ0v) is 12.8. The predicted molar refractivity (Wildman–Crippen MR) is 78.5 cm³/mol. The molecule has 114 valence electrons. The van der Waals surface area contributed by atoms with Crippen molar-refractivity contribution in [2.75, 3.05) is 14.2 Å². The normalized spacial score (nSPS) is 13.8. The number of nitrogens with two attached hydrogens (primary N) is 1. The summed E-state index contributed by atoms with van der Waals surface area (Å²) in [6.07, 6.45) is 1.26. The van der Waals surface area contributed by atoms with Gasteiger partial charge in [0.1, 0.15) is 0 Å². The first-order valence-electron chi connectivity index (χ1n) is 6.83. The summed E-state index contributed by atoms with van der Waals surface area (Å²) in [6, 6.07) is 5.68. The minimum absolute atomic E-state index is 0.521. The van der Waals surface area contributed by atoms with E-state index in [1.807, 2.05) is 32.0 Å². The van der Waals surface area contributed by atoms with Gasteiger partial charge in [-0.1, -0.05) is 18.1 Å². The Kier molecular flexibility index (Phi) is 4.47. The average molecular weight is 291 g/mol. The largest absolute Gasteiger partial charge is 0.493 e. The molecule has 0 saturated carbocycles. The molecule has 0 radical (unpaired) electrons. The smallest absolute Gasteiger partial charge is 0.231 e. The summed E-state index contributed by atoms with van der Waals surface area (Å²) in [5, 5.41) is 3.96. The quantitative estimate of drug-likeness (QED) is 0.879. The lowest BCUT2D eigenvalue weighted by molar-refractivity contribution is 0.351. The second-order valence-corrected chi connectivity index (χ2v) is 5.15. The standard InChI is InChI=1S/C15H21N3O3/c1-5-15(2,16)14-17-13(21-18-14)9-10-6-7-11(19-3)12(8-10)20-4/h6-8H,5,9,16H2,1-4H3. The molecule has 2 N–H and O–H groups in total. The van der Waals surface area contributed by atoms with E-state index in [9.17, 15) is 0 Å². The number of ether oxygens (including phenoxy) is 2. The van der Waals surface area contributed by atoms with E-state index in [0.717, 1.165) is 12.0 Å². The zero-order valence-electron chi connectivity index (χ0n) is 12.8. The molecule has 0 bridgehead atoms. The molecule has 2 rings (SSSR count). The number of rotatable bonds is 6. The molecule has 0 saturated heterocycles. The minimum atomic E-state index is -0.570. The highest BCUT2D eigenvalue weighted by atomic mass is 16.5. The molecule has 1 unspecified atom stereocenters. The Morgan fingerprint density at radius 3 is 2.57 bits per heavy atom. The third-order valence-electron chi connectivity index (χ3n) is 3.52. The van der Waals surface area contributed by atoms with Crippen LogP contribution in [0, 0.1) is 0 Å². The van der Waals surface area contributed by atoms with Crippen molar-refractivity contribution in [2.24, 2.45) is 5.73 Å². The van der Waals surface area contributed by atoms with Crippen molar-refractivity contribution in [1.29, 1.82) is 0 Å². The van der Waals surface area contributed by atoms with Crippen molar-refractivity contribution in [3.05, 3.63) is 35.5 Å². The maximum absolute atomic E-state index is 6.11. The first-order chi connectivity index (χ1) is 10.00. The van der Waals surface area contributed by atoms with E-state index in [4.69, 9.17) is 19.7 Å². The van der Waals surface area contributed by atoms with Gasteiger partial charge in [0.25, 0.3) is 0 Å². The molecular formula is C15H21N3O3. The van der Waals surface area contributed by atoms with Crippen molar-refractivity contribution in [1.82, 2.24) is 10.1 Å². The van der Waals surface area contributed by atoms with E-state index in [1.165, 1.54) is 0 Å². The average Bonchev–Trinajstić information content (AvgIpc) is 2.96. The number of aromatic nitrogens is 2. The predicted octanol–water partition coefficient (Wildman–Crippen LogP) is 2.26. The van der Waals surface area contributed by atoms with Gasteiger partial charge in [-0.05, 0) is 31.0 Å². The van der Waals surface area contributed by atoms with Crippen LogP contribution in [0.1, 0.15) is 37.5 Å². The van der Waals surface area contributed by atoms with Gasteiger partial charge in [-0.25, -0.2) is 0 Å². The molecule has 0 aliphatic carbocycles. The minimum Gasteiger partial charge on any atom is -0.493 e. The van der Waals surface area contributed by atoms with E-state index in [1.54, 1.807) is 14.2 Å². The van der Waals surface area contributed by atoms with Gasteiger partial charge < -0.3 is 19.7 Å². The number of hydrogen-bond donors (Lipinski definition) is 1. The highest BCUT2D eigenvalue weighted by Gasteiger charge is 2.25. The second kappa shape index (κ2) is 6.13. The molecule has 21 heavy (non-hydrogen) atoms. The van der Waals surface area contributed by atoms with Crippen LogP contribution in [0.25, 0.3) is 0 Å². The molecule has 1 aromatic heterocycles. The summed E-state index contributed by atoms with van der Waals surface area (Å²) in [7, 11) is 3.21. The lowest BCUT2D eigenvalue weighted by Gasteiger charge is -2.16. The van der Waals surface area contributed by atoms with Crippen LogP contribution in [-0.2, 0) is 12.0 Å². The molecule has 1 atom stereocenters. The molecule has 2 aromatic rings. The van der Waals surface area contributed by atoms with Gasteiger partial charge in [0.15, 0.2) is 17.3 Å². The summed E-state index contributed by atoms with van der Waals surface area (Å²) in [5.41, 5.74) is 6.53. The van der Waals surface area contributed by atoms with E-state index < -0.39 is 5.54 Å². The van der Waals surface area contributed by atoms with Crippen molar-refractivity contribution in [3.63, 3.8) is 0 Å². The highest BCUT2D eigenvalue weighted by molar-refractivity contribution is 5.43. The fourth-order valence-corrected chi connectivity index (χ4v) is 1.88. The van der Waals surface area contributed by atoms with Crippen molar-refractivity contribution >= 4 is 0 Å². The highest BCUT2D eigenvalue weighted by Crippen LogP contribution is 2.28. The molecule has 6 nitrogen and oxygen atoms in total. The lowest BCUT2D eigenvalue weighted by Crippen LogP contribution is -2.33. The fourth-order valence-electron chi connectivity index (χ4n) is 1.88. The summed E-state index contributed by atoms with van der Waals surface area (Å²) >= 11 is 0. The Bertz CT molecular complexity index is 608. The Labute approximate surface area is 124 Å². The fraction of sp³-hybridized carbons (Fsp3) is 0.467. The van der Waals surface area contributed by atoms with Gasteiger partial charge in [-0.2, -0.15) is 4.98 Å². The molecule has 0 aliphatic rings. The van der Waals surface area contributed by atoms with Crippen LogP contribution in [0.15, 0.2) is 22.7 Å². The lowest BCUT2D eigenvalue weighted by atomic mass is 10.00. The number of benzene rings is 1. The number of hydrogen-bond acceptors (Lipinski definition) is 6. The van der Waals surface area contributed by atoms with Gasteiger partial charge in [0, 0.05) is 0 Å². The number of nitrogens with zero attached hydrogens (tertiary/aromatic N) is 2. The molecule has 1 aromatic carbocycles.